The average Bonchev–Trinajstić information content (AvgIpc) is 3.00. The monoisotopic (exact) mass is 365 g/mol. The Morgan fingerprint density at radius 2 is 1.89 bits per heavy atom. The first-order valence-electron chi connectivity index (χ1n) is 9.15. The minimum absolute atomic E-state index is 0.126. The molecule has 2 aromatic heterocycles. The van der Waals surface area contributed by atoms with Crippen molar-refractivity contribution in [3.05, 3.63) is 66.1 Å². The molecular weight excluding hydrogens is 338 g/mol. The zero-order valence-corrected chi connectivity index (χ0v) is 16.6. The lowest BCUT2D eigenvalue weighted by atomic mass is 9.94. The van der Waals surface area contributed by atoms with Gasteiger partial charge in [0.15, 0.2) is 0 Å². The summed E-state index contributed by atoms with van der Waals surface area (Å²) in [6.07, 6.45) is 6.10. The molecule has 0 saturated carbocycles. The van der Waals surface area contributed by atoms with Crippen LogP contribution in [0.1, 0.15) is 50.5 Å². The Kier molecular flexibility index (Phi) is 4.96. The third kappa shape index (κ3) is 4.88. The topological polar surface area (TPSA) is 55.6 Å². The quantitative estimate of drug-likeness (QED) is 0.735. The first-order chi connectivity index (χ1) is 12.6. The van der Waals surface area contributed by atoms with Crippen molar-refractivity contribution in [1.82, 2.24) is 14.7 Å². The Bertz CT molecular complexity index is 951. The molecule has 0 aliphatic heterocycles. The average molecular weight is 365 g/mol. The molecule has 142 valence electrons. The molecule has 2 heterocycles. The maximum Gasteiger partial charge on any atom is 0.255 e. The largest absolute Gasteiger partial charge is 0.488 e. The molecule has 0 saturated heterocycles. The highest BCUT2D eigenvalue weighted by molar-refractivity contribution is 6.00. The minimum Gasteiger partial charge on any atom is -0.488 e. The van der Waals surface area contributed by atoms with Gasteiger partial charge in [0, 0.05) is 24.1 Å². The number of nitrogens with zero attached hydrogens (tertiary/aromatic N) is 2. The number of carbonyl (C=O) groups excluding carboxylic acids is 1. The number of rotatable bonds is 5. The molecule has 3 rings (SSSR count). The van der Waals surface area contributed by atoms with Gasteiger partial charge < -0.3 is 14.5 Å². The van der Waals surface area contributed by atoms with Crippen molar-refractivity contribution in [2.24, 2.45) is 0 Å². The number of nitrogens with one attached hydrogen (secondary N) is 1. The Balaban J connectivity index is 1.74. The van der Waals surface area contributed by atoms with Crippen LogP contribution in [0.15, 0.2) is 55.0 Å². The van der Waals surface area contributed by atoms with Gasteiger partial charge in [0.1, 0.15) is 17.0 Å². The summed E-state index contributed by atoms with van der Waals surface area (Å²) in [4.78, 5) is 17.1. The van der Waals surface area contributed by atoms with E-state index in [2.05, 4.69) is 16.4 Å². The first-order valence-corrected chi connectivity index (χ1v) is 9.15. The molecule has 0 atom stereocenters. The van der Waals surface area contributed by atoms with Crippen LogP contribution in [0.25, 0.3) is 5.65 Å². The van der Waals surface area contributed by atoms with E-state index in [4.69, 9.17) is 4.74 Å². The second-order valence-electron chi connectivity index (χ2n) is 8.46. The van der Waals surface area contributed by atoms with E-state index in [1.54, 1.807) is 12.3 Å². The zero-order chi connectivity index (χ0) is 19.7. The summed E-state index contributed by atoms with van der Waals surface area (Å²) >= 11 is 0. The van der Waals surface area contributed by atoms with E-state index in [-0.39, 0.29) is 11.5 Å². The van der Waals surface area contributed by atoms with E-state index in [9.17, 15) is 4.79 Å². The summed E-state index contributed by atoms with van der Waals surface area (Å²) in [5, 5.41) is 3.14. The number of hydrogen-bond donors (Lipinski definition) is 1. The number of fused-ring (bicyclic) bond motifs is 1. The molecule has 0 radical (unpaired) electrons. The molecule has 27 heavy (non-hydrogen) atoms. The SMILES string of the molecule is CC(C)(Cc1cccc(OC(C)(C)C)c1)NC(=O)c1cccn2ccnc12. The van der Waals surface area contributed by atoms with Crippen molar-refractivity contribution in [3.8, 4) is 5.75 Å². The van der Waals surface area contributed by atoms with Gasteiger partial charge in [0.25, 0.3) is 5.91 Å². The van der Waals surface area contributed by atoms with Crippen molar-refractivity contribution in [2.75, 3.05) is 0 Å². The molecule has 0 spiro atoms. The Hall–Kier alpha value is -2.82. The normalized spacial score (nSPS) is 12.2. The first kappa shape index (κ1) is 19.0. The van der Waals surface area contributed by atoms with Crippen molar-refractivity contribution < 1.29 is 9.53 Å². The summed E-state index contributed by atoms with van der Waals surface area (Å²) in [7, 11) is 0. The number of benzene rings is 1. The van der Waals surface area contributed by atoms with Crippen molar-refractivity contribution in [1.29, 1.82) is 0 Å². The van der Waals surface area contributed by atoms with Gasteiger partial charge in [-0.25, -0.2) is 4.98 Å². The predicted molar refractivity (Wildman–Crippen MR) is 107 cm³/mol. The van der Waals surface area contributed by atoms with Gasteiger partial charge >= 0.3 is 0 Å². The standard InChI is InChI=1S/C22H27N3O2/c1-21(2,3)27-17-9-6-8-16(14-17)15-22(4,5)24-20(26)18-10-7-12-25-13-11-23-19(18)25/h6-14H,15H2,1-5H3,(H,24,26). The number of pyridine rings is 1. The van der Waals surface area contributed by atoms with Crippen LogP contribution in [-0.4, -0.2) is 26.4 Å². The van der Waals surface area contributed by atoms with Gasteiger partial charge in [-0.3, -0.25) is 4.79 Å². The molecule has 1 N–H and O–H groups in total. The van der Waals surface area contributed by atoms with Crippen LogP contribution in [0.4, 0.5) is 0 Å². The fourth-order valence-corrected chi connectivity index (χ4v) is 3.13. The number of amides is 1. The summed E-state index contributed by atoms with van der Waals surface area (Å²) in [6.45, 7) is 10.1. The third-order valence-corrected chi connectivity index (χ3v) is 4.08. The Morgan fingerprint density at radius 1 is 1.11 bits per heavy atom. The van der Waals surface area contributed by atoms with Crippen LogP contribution < -0.4 is 10.1 Å². The summed E-state index contributed by atoms with van der Waals surface area (Å²) < 4.78 is 7.79. The highest BCUT2D eigenvalue weighted by Gasteiger charge is 2.23. The van der Waals surface area contributed by atoms with E-state index >= 15 is 0 Å². The second-order valence-corrected chi connectivity index (χ2v) is 8.46. The maximum atomic E-state index is 12.8. The van der Waals surface area contributed by atoms with Crippen molar-refractivity contribution in [3.63, 3.8) is 0 Å². The minimum atomic E-state index is -0.420. The van der Waals surface area contributed by atoms with E-state index in [1.807, 2.05) is 75.7 Å². The summed E-state index contributed by atoms with van der Waals surface area (Å²) in [5.74, 6) is 0.711. The lowest BCUT2D eigenvalue weighted by Gasteiger charge is -2.27. The fraction of sp³-hybridized carbons (Fsp3) is 0.364. The molecule has 5 nitrogen and oxygen atoms in total. The molecule has 0 bridgehead atoms. The van der Waals surface area contributed by atoms with E-state index in [0.29, 0.717) is 17.6 Å². The Labute approximate surface area is 160 Å². The van der Waals surface area contributed by atoms with Gasteiger partial charge in [-0.2, -0.15) is 0 Å². The fourth-order valence-electron chi connectivity index (χ4n) is 3.13. The molecular formula is C22H27N3O2. The highest BCUT2D eigenvalue weighted by atomic mass is 16.5. The zero-order valence-electron chi connectivity index (χ0n) is 16.6. The van der Waals surface area contributed by atoms with E-state index in [1.165, 1.54) is 0 Å². The van der Waals surface area contributed by atoms with E-state index in [0.717, 1.165) is 11.3 Å². The number of hydrogen-bond acceptors (Lipinski definition) is 3. The number of carbonyl (C=O) groups is 1. The van der Waals surface area contributed by atoms with E-state index < -0.39 is 5.54 Å². The molecule has 5 heteroatoms. The lowest BCUT2D eigenvalue weighted by molar-refractivity contribution is 0.0914. The van der Waals surface area contributed by atoms with Crippen LogP contribution in [0.5, 0.6) is 5.75 Å². The maximum absolute atomic E-state index is 12.8. The molecule has 0 fully saturated rings. The second kappa shape index (κ2) is 7.06. The van der Waals surface area contributed by atoms with Crippen molar-refractivity contribution >= 4 is 11.6 Å². The predicted octanol–water partition coefficient (Wildman–Crippen LogP) is 4.26. The lowest BCUT2D eigenvalue weighted by Crippen LogP contribution is -2.45. The van der Waals surface area contributed by atoms with Gasteiger partial charge in [0.05, 0.1) is 5.56 Å². The highest BCUT2D eigenvalue weighted by Crippen LogP contribution is 2.22. The number of aromatic nitrogens is 2. The molecule has 3 aromatic rings. The van der Waals surface area contributed by atoms with Crippen LogP contribution in [0, 0.1) is 0 Å². The van der Waals surface area contributed by atoms with Gasteiger partial charge in [-0.15, -0.1) is 0 Å². The number of ether oxygens (including phenoxy) is 1. The smallest absolute Gasteiger partial charge is 0.255 e. The van der Waals surface area contributed by atoms with Crippen LogP contribution in [0.2, 0.25) is 0 Å². The summed E-state index contributed by atoms with van der Waals surface area (Å²) in [6, 6.07) is 11.7. The Morgan fingerprint density at radius 3 is 2.63 bits per heavy atom. The molecule has 0 aliphatic rings. The van der Waals surface area contributed by atoms with Gasteiger partial charge in [-0.1, -0.05) is 12.1 Å². The molecule has 1 aromatic carbocycles. The molecule has 0 aliphatic carbocycles. The van der Waals surface area contributed by atoms with Gasteiger partial charge in [0.2, 0.25) is 0 Å². The number of imidazole rings is 1. The third-order valence-electron chi connectivity index (χ3n) is 4.08. The summed E-state index contributed by atoms with van der Waals surface area (Å²) in [5.41, 5.74) is 1.68. The van der Waals surface area contributed by atoms with Crippen LogP contribution in [0.3, 0.4) is 0 Å². The molecule has 1 amide bonds. The van der Waals surface area contributed by atoms with Crippen LogP contribution >= 0.6 is 0 Å². The van der Waals surface area contributed by atoms with Crippen LogP contribution in [-0.2, 0) is 6.42 Å². The molecule has 0 unspecified atom stereocenters. The van der Waals surface area contributed by atoms with Crippen molar-refractivity contribution in [2.45, 2.75) is 52.2 Å². The van der Waals surface area contributed by atoms with Gasteiger partial charge in [-0.05, 0) is 70.9 Å².